The molecule has 0 fully saturated rings. The van der Waals surface area contributed by atoms with Crippen LogP contribution in [-0.2, 0) is 21.9 Å². The fourth-order valence-corrected chi connectivity index (χ4v) is 3.63. The average molecular weight is 421 g/mol. The molecule has 0 aliphatic carbocycles. The monoisotopic (exact) mass is 420 g/mol. The van der Waals surface area contributed by atoms with Crippen LogP contribution in [0.5, 0.6) is 0 Å². The Labute approximate surface area is 174 Å². The summed E-state index contributed by atoms with van der Waals surface area (Å²) in [7, 11) is 0. The molecule has 2 amide bonds. The van der Waals surface area contributed by atoms with E-state index in [1.54, 1.807) is 43.3 Å². The Morgan fingerprint density at radius 2 is 1.62 bits per heavy atom. The van der Waals surface area contributed by atoms with E-state index < -0.39 is 11.9 Å². The highest BCUT2D eigenvalue weighted by molar-refractivity contribution is 7.99. The molecule has 2 rings (SSSR count). The SMILES string of the molecule is CCCNC(=O)[C@@H](C)N(Cc1ccccc1F)C(=O)CSCc1ccccc1F. The van der Waals surface area contributed by atoms with Crippen LogP contribution in [0.25, 0.3) is 0 Å². The summed E-state index contributed by atoms with van der Waals surface area (Å²) in [6.45, 7) is 4.07. The van der Waals surface area contributed by atoms with E-state index in [-0.39, 0.29) is 29.9 Å². The number of carbonyl (C=O) groups is 2. The van der Waals surface area contributed by atoms with Crippen LogP contribution < -0.4 is 5.32 Å². The first-order chi connectivity index (χ1) is 13.9. The van der Waals surface area contributed by atoms with E-state index in [1.165, 1.54) is 28.8 Å². The van der Waals surface area contributed by atoms with Crippen LogP contribution in [0.15, 0.2) is 48.5 Å². The van der Waals surface area contributed by atoms with Gasteiger partial charge in [0.2, 0.25) is 11.8 Å². The lowest BCUT2D eigenvalue weighted by molar-refractivity contribution is -0.138. The van der Waals surface area contributed by atoms with Gasteiger partial charge in [-0.1, -0.05) is 43.3 Å². The molecular weight excluding hydrogens is 394 g/mol. The van der Waals surface area contributed by atoms with Crippen molar-refractivity contribution in [1.29, 1.82) is 0 Å². The van der Waals surface area contributed by atoms with Crippen LogP contribution in [-0.4, -0.2) is 35.1 Å². The fourth-order valence-electron chi connectivity index (χ4n) is 2.74. The number of hydrogen-bond acceptors (Lipinski definition) is 3. The summed E-state index contributed by atoms with van der Waals surface area (Å²) in [6, 6.07) is 11.8. The molecule has 2 aromatic carbocycles. The first-order valence-corrected chi connectivity index (χ1v) is 10.7. The van der Waals surface area contributed by atoms with Crippen molar-refractivity contribution in [3.63, 3.8) is 0 Å². The lowest BCUT2D eigenvalue weighted by Gasteiger charge is -2.29. The van der Waals surface area contributed by atoms with Crippen molar-refractivity contribution >= 4 is 23.6 Å². The number of thioether (sulfide) groups is 1. The Kier molecular flexibility index (Phi) is 9.12. The zero-order chi connectivity index (χ0) is 21.2. The third-order valence-corrected chi connectivity index (χ3v) is 5.42. The highest BCUT2D eigenvalue weighted by atomic mass is 32.2. The molecule has 0 aliphatic rings. The zero-order valence-electron chi connectivity index (χ0n) is 16.7. The highest BCUT2D eigenvalue weighted by Gasteiger charge is 2.26. The van der Waals surface area contributed by atoms with Gasteiger partial charge in [-0.3, -0.25) is 9.59 Å². The second-order valence-corrected chi connectivity index (χ2v) is 7.65. The van der Waals surface area contributed by atoms with E-state index in [2.05, 4.69) is 5.32 Å². The third kappa shape index (κ3) is 6.85. The summed E-state index contributed by atoms with van der Waals surface area (Å²) in [5.41, 5.74) is 0.856. The molecule has 0 bridgehead atoms. The van der Waals surface area contributed by atoms with Crippen molar-refractivity contribution < 1.29 is 18.4 Å². The summed E-state index contributed by atoms with van der Waals surface area (Å²) < 4.78 is 27.9. The quantitative estimate of drug-likeness (QED) is 0.628. The number of rotatable bonds is 10. The van der Waals surface area contributed by atoms with Crippen LogP contribution in [0.1, 0.15) is 31.4 Å². The van der Waals surface area contributed by atoms with Crippen LogP contribution in [0.4, 0.5) is 8.78 Å². The maximum Gasteiger partial charge on any atom is 0.242 e. The molecule has 0 aliphatic heterocycles. The van der Waals surface area contributed by atoms with E-state index in [0.29, 0.717) is 23.4 Å². The van der Waals surface area contributed by atoms with Crippen molar-refractivity contribution in [3.8, 4) is 0 Å². The second kappa shape index (κ2) is 11.6. The average Bonchev–Trinajstić information content (AvgIpc) is 2.72. The second-order valence-electron chi connectivity index (χ2n) is 6.66. The summed E-state index contributed by atoms with van der Waals surface area (Å²) in [5, 5.41) is 2.77. The molecule has 0 aromatic heterocycles. The minimum absolute atomic E-state index is 0.00746. The molecule has 7 heteroatoms. The molecule has 156 valence electrons. The van der Waals surface area contributed by atoms with Crippen LogP contribution in [0, 0.1) is 11.6 Å². The summed E-state index contributed by atoms with van der Waals surface area (Å²) in [4.78, 5) is 26.6. The van der Waals surface area contributed by atoms with E-state index in [9.17, 15) is 18.4 Å². The first-order valence-electron chi connectivity index (χ1n) is 9.55. The molecule has 1 N–H and O–H groups in total. The molecule has 0 heterocycles. The van der Waals surface area contributed by atoms with Crippen molar-refractivity contribution in [3.05, 3.63) is 71.3 Å². The molecule has 0 saturated heterocycles. The number of halogens is 2. The number of hydrogen-bond donors (Lipinski definition) is 1. The Morgan fingerprint density at radius 3 is 2.21 bits per heavy atom. The molecule has 0 unspecified atom stereocenters. The fraction of sp³-hybridized carbons (Fsp3) is 0.364. The van der Waals surface area contributed by atoms with E-state index in [1.807, 2.05) is 6.92 Å². The van der Waals surface area contributed by atoms with Gasteiger partial charge in [-0.2, -0.15) is 0 Å². The van der Waals surface area contributed by atoms with Gasteiger partial charge in [0.05, 0.1) is 5.75 Å². The van der Waals surface area contributed by atoms with Gasteiger partial charge in [0.15, 0.2) is 0 Å². The Morgan fingerprint density at radius 1 is 1.03 bits per heavy atom. The molecule has 0 spiro atoms. The summed E-state index contributed by atoms with van der Waals surface area (Å²) in [5.74, 6) is -0.922. The highest BCUT2D eigenvalue weighted by Crippen LogP contribution is 2.18. The smallest absolute Gasteiger partial charge is 0.242 e. The Balaban J connectivity index is 2.08. The Bertz CT molecular complexity index is 832. The third-order valence-electron chi connectivity index (χ3n) is 4.46. The molecule has 0 radical (unpaired) electrons. The predicted octanol–water partition coefficient (Wildman–Crippen LogP) is 4.14. The number of carbonyl (C=O) groups excluding carboxylic acids is 2. The summed E-state index contributed by atoms with van der Waals surface area (Å²) in [6.07, 6.45) is 0.776. The van der Waals surface area contributed by atoms with Gasteiger partial charge < -0.3 is 10.2 Å². The number of nitrogens with zero attached hydrogens (tertiary/aromatic N) is 1. The van der Waals surface area contributed by atoms with E-state index in [4.69, 9.17) is 0 Å². The van der Waals surface area contributed by atoms with E-state index in [0.717, 1.165) is 6.42 Å². The van der Waals surface area contributed by atoms with Crippen molar-refractivity contribution in [2.45, 2.75) is 38.6 Å². The van der Waals surface area contributed by atoms with Gasteiger partial charge in [0.25, 0.3) is 0 Å². The van der Waals surface area contributed by atoms with Gasteiger partial charge >= 0.3 is 0 Å². The van der Waals surface area contributed by atoms with Crippen LogP contribution >= 0.6 is 11.8 Å². The standard InChI is InChI=1S/C22H26F2N2O2S/c1-3-12-25-22(28)16(2)26(13-17-8-4-6-10-19(17)23)21(27)15-29-14-18-9-5-7-11-20(18)24/h4-11,16H,3,12-15H2,1-2H3,(H,25,28)/t16-/m1/s1. The van der Waals surface area contributed by atoms with Crippen LogP contribution in [0.2, 0.25) is 0 Å². The van der Waals surface area contributed by atoms with Gasteiger partial charge in [0, 0.05) is 24.4 Å². The summed E-state index contributed by atoms with van der Waals surface area (Å²) >= 11 is 1.26. The minimum atomic E-state index is -0.747. The molecule has 0 saturated carbocycles. The van der Waals surface area contributed by atoms with Crippen molar-refractivity contribution in [2.75, 3.05) is 12.3 Å². The number of nitrogens with one attached hydrogen (secondary N) is 1. The van der Waals surface area contributed by atoms with Gasteiger partial charge in [0.1, 0.15) is 17.7 Å². The molecule has 29 heavy (non-hydrogen) atoms. The van der Waals surface area contributed by atoms with Crippen molar-refractivity contribution in [2.24, 2.45) is 0 Å². The lowest BCUT2D eigenvalue weighted by Crippen LogP contribution is -2.48. The Hall–Kier alpha value is -2.41. The zero-order valence-corrected chi connectivity index (χ0v) is 17.5. The lowest BCUT2D eigenvalue weighted by atomic mass is 10.1. The minimum Gasteiger partial charge on any atom is -0.354 e. The maximum absolute atomic E-state index is 14.1. The molecule has 1 atom stereocenters. The normalized spacial score (nSPS) is 11.7. The topological polar surface area (TPSA) is 49.4 Å². The van der Waals surface area contributed by atoms with Gasteiger partial charge in [-0.15, -0.1) is 11.8 Å². The maximum atomic E-state index is 14.1. The van der Waals surface area contributed by atoms with Crippen molar-refractivity contribution in [1.82, 2.24) is 10.2 Å². The van der Waals surface area contributed by atoms with Gasteiger partial charge in [-0.25, -0.2) is 8.78 Å². The number of benzene rings is 2. The largest absolute Gasteiger partial charge is 0.354 e. The first kappa shape index (κ1) is 22.9. The molecule has 4 nitrogen and oxygen atoms in total. The van der Waals surface area contributed by atoms with Crippen LogP contribution in [0.3, 0.4) is 0 Å². The molecule has 2 aromatic rings. The predicted molar refractivity (Wildman–Crippen MR) is 112 cm³/mol. The van der Waals surface area contributed by atoms with Gasteiger partial charge in [-0.05, 0) is 31.0 Å². The number of amides is 2. The molecular formula is C22H26F2N2O2S. The van der Waals surface area contributed by atoms with E-state index >= 15 is 0 Å².